The third-order valence-electron chi connectivity index (χ3n) is 1.28. The summed E-state index contributed by atoms with van der Waals surface area (Å²) in [7, 11) is -2.89. The minimum atomic E-state index is -2.89. The first-order valence-electron chi connectivity index (χ1n) is 3.69. The molecular weight excluding hydrogens is 210 g/mol. The van der Waals surface area contributed by atoms with Gasteiger partial charge in [0.15, 0.2) is 0 Å². The zero-order valence-corrected chi connectivity index (χ0v) is 9.07. The van der Waals surface area contributed by atoms with Gasteiger partial charge < -0.3 is 5.32 Å². The van der Waals surface area contributed by atoms with E-state index in [0.29, 0.717) is 11.7 Å². The maximum atomic E-state index is 10.8. The van der Waals surface area contributed by atoms with Crippen LogP contribution in [0.25, 0.3) is 0 Å². The summed E-state index contributed by atoms with van der Waals surface area (Å²) >= 11 is 1.41. The SMILES string of the molecule is Cc1nnc(NCCS(C)(=O)=O)s1. The second-order valence-electron chi connectivity index (χ2n) is 2.68. The minimum absolute atomic E-state index is 0.117. The fourth-order valence-corrected chi connectivity index (χ4v) is 1.80. The standard InChI is InChI=1S/C6H11N3O2S2/c1-5-8-9-6(12-5)7-3-4-13(2,10)11/h3-4H2,1-2H3,(H,7,9). The van der Waals surface area contributed by atoms with Gasteiger partial charge in [-0.05, 0) is 6.92 Å². The first-order valence-corrected chi connectivity index (χ1v) is 6.57. The molecule has 7 heteroatoms. The Morgan fingerprint density at radius 1 is 1.46 bits per heavy atom. The molecule has 0 amide bonds. The Morgan fingerprint density at radius 3 is 2.62 bits per heavy atom. The number of nitrogens with zero attached hydrogens (tertiary/aromatic N) is 2. The lowest BCUT2D eigenvalue weighted by Crippen LogP contribution is -2.13. The number of hydrogen-bond acceptors (Lipinski definition) is 6. The van der Waals surface area contributed by atoms with Crippen LogP contribution < -0.4 is 5.32 Å². The van der Waals surface area contributed by atoms with E-state index in [4.69, 9.17) is 0 Å². The monoisotopic (exact) mass is 221 g/mol. The molecule has 0 unspecified atom stereocenters. The zero-order valence-electron chi connectivity index (χ0n) is 7.44. The van der Waals surface area contributed by atoms with Crippen LogP contribution in [0.15, 0.2) is 0 Å². The number of aryl methyl sites for hydroxylation is 1. The summed E-state index contributed by atoms with van der Waals surface area (Å²) < 4.78 is 21.5. The average molecular weight is 221 g/mol. The van der Waals surface area contributed by atoms with Crippen LogP contribution in [0, 0.1) is 6.92 Å². The van der Waals surface area contributed by atoms with Crippen molar-refractivity contribution in [3.63, 3.8) is 0 Å². The van der Waals surface area contributed by atoms with E-state index in [1.54, 1.807) is 0 Å². The fraction of sp³-hybridized carbons (Fsp3) is 0.667. The highest BCUT2D eigenvalue weighted by Gasteiger charge is 2.03. The fourth-order valence-electron chi connectivity index (χ4n) is 0.711. The van der Waals surface area contributed by atoms with Crippen LogP contribution in [0.4, 0.5) is 5.13 Å². The quantitative estimate of drug-likeness (QED) is 0.792. The number of sulfone groups is 1. The lowest BCUT2D eigenvalue weighted by atomic mass is 10.7. The van der Waals surface area contributed by atoms with Crippen molar-refractivity contribution < 1.29 is 8.42 Å². The number of rotatable bonds is 4. The Balaban J connectivity index is 2.36. The van der Waals surface area contributed by atoms with Crippen molar-refractivity contribution in [2.24, 2.45) is 0 Å². The van der Waals surface area contributed by atoms with Crippen LogP contribution in [-0.4, -0.2) is 37.2 Å². The Labute approximate surface area is 81.1 Å². The highest BCUT2D eigenvalue weighted by molar-refractivity contribution is 7.90. The molecule has 5 nitrogen and oxygen atoms in total. The molecule has 0 saturated carbocycles. The molecule has 13 heavy (non-hydrogen) atoms. The van der Waals surface area contributed by atoms with Crippen LogP contribution in [-0.2, 0) is 9.84 Å². The van der Waals surface area contributed by atoms with Gasteiger partial charge in [0.2, 0.25) is 5.13 Å². The van der Waals surface area contributed by atoms with Crippen molar-refractivity contribution >= 4 is 26.3 Å². The zero-order chi connectivity index (χ0) is 9.90. The maximum Gasteiger partial charge on any atom is 0.205 e. The third kappa shape index (κ3) is 4.18. The van der Waals surface area contributed by atoms with Gasteiger partial charge in [-0.15, -0.1) is 10.2 Å². The summed E-state index contributed by atoms with van der Waals surface area (Å²) in [5.41, 5.74) is 0. The number of hydrogen-bond donors (Lipinski definition) is 1. The Morgan fingerprint density at radius 2 is 2.15 bits per heavy atom. The number of nitrogens with one attached hydrogen (secondary N) is 1. The maximum absolute atomic E-state index is 10.8. The van der Waals surface area contributed by atoms with Crippen LogP contribution in [0.5, 0.6) is 0 Å². The first kappa shape index (κ1) is 10.4. The molecule has 1 rings (SSSR count). The first-order chi connectivity index (χ1) is 5.97. The molecule has 0 aliphatic rings. The van der Waals surface area contributed by atoms with Crippen molar-refractivity contribution in [2.45, 2.75) is 6.92 Å². The van der Waals surface area contributed by atoms with Crippen LogP contribution in [0.1, 0.15) is 5.01 Å². The lowest BCUT2D eigenvalue weighted by molar-refractivity contribution is 0.602. The van der Waals surface area contributed by atoms with Crippen molar-refractivity contribution in [3.05, 3.63) is 5.01 Å². The molecule has 0 atom stereocenters. The van der Waals surface area contributed by atoms with Gasteiger partial charge in [-0.3, -0.25) is 0 Å². The van der Waals surface area contributed by atoms with E-state index in [9.17, 15) is 8.42 Å². The smallest absolute Gasteiger partial charge is 0.205 e. The molecule has 0 radical (unpaired) electrons. The Kier molecular flexibility index (Phi) is 3.21. The topological polar surface area (TPSA) is 72.0 Å². The summed E-state index contributed by atoms with van der Waals surface area (Å²) in [6, 6.07) is 0. The molecule has 74 valence electrons. The normalized spacial score (nSPS) is 11.5. The van der Waals surface area contributed by atoms with Gasteiger partial charge in [0.25, 0.3) is 0 Å². The largest absolute Gasteiger partial charge is 0.359 e. The van der Waals surface area contributed by atoms with E-state index in [1.807, 2.05) is 6.92 Å². The average Bonchev–Trinajstić information content (AvgIpc) is 2.33. The summed E-state index contributed by atoms with van der Waals surface area (Å²) in [5, 5.41) is 12.0. The summed E-state index contributed by atoms with van der Waals surface area (Å²) in [6.07, 6.45) is 1.21. The minimum Gasteiger partial charge on any atom is -0.359 e. The molecule has 0 aliphatic carbocycles. The third-order valence-corrected chi connectivity index (χ3v) is 3.02. The molecule has 0 saturated heterocycles. The van der Waals surface area contributed by atoms with E-state index in [-0.39, 0.29) is 5.75 Å². The predicted octanol–water partition coefficient (Wildman–Crippen LogP) is 0.303. The van der Waals surface area contributed by atoms with Gasteiger partial charge >= 0.3 is 0 Å². The molecule has 0 bridgehead atoms. The molecule has 1 heterocycles. The van der Waals surface area contributed by atoms with Gasteiger partial charge in [-0.25, -0.2) is 8.42 Å². The van der Waals surface area contributed by atoms with E-state index in [1.165, 1.54) is 17.6 Å². The van der Waals surface area contributed by atoms with Crippen LogP contribution >= 0.6 is 11.3 Å². The van der Waals surface area contributed by atoms with Gasteiger partial charge in [-0.1, -0.05) is 11.3 Å². The highest BCUT2D eigenvalue weighted by Crippen LogP contribution is 2.12. The van der Waals surface area contributed by atoms with Gasteiger partial charge in [0.1, 0.15) is 14.8 Å². The van der Waals surface area contributed by atoms with Crippen LogP contribution in [0.2, 0.25) is 0 Å². The number of aromatic nitrogens is 2. The predicted molar refractivity (Wildman–Crippen MR) is 52.8 cm³/mol. The van der Waals surface area contributed by atoms with Gasteiger partial charge in [0, 0.05) is 12.8 Å². The molecule has 0 fully saturated rings. The summed E-state index contributed by atoms with van der Waals surface area (Å²) in [6.45, 7) is 2.23. The van der Waals surface area contributed by atoms with E-state index in [0.717, 1.165) is 5.01 Å². The Bertz CT molecular complexity index is 371. The highest BCUT2D eigenvalue weighted by atomic mass is 32.2. The molecule has 0 aromatic carbocycles. The molecular formula is C6H11N3O2S2. The molecule has 1 aromatic rings. The molecule has 0 spiro atoms. The van der Waals surface area contributed by atoms with Crippen molar-refractivity contribution in [1.82, 2.24) is 10.2 Å². The molecule has 1 N–H and O–H groups in total. The second kappa shape index (κ2) is 4.01. The molecule has 0 aliphatic heterocycles. The van der Waals surface area contributed by atoms with Crippen molar-refractivity contribution in [3.8, 4) is 0 Å². The summed E-state index contributed by atoms with van der Waals surface area (Å²) in [4.78, 5) is 0. The van der Waals surface area contributed by atoms with Crippen molar-refractivity contribution in [1.29, 1.82) is 0 Å². The van der Waals surface area contributed by atoms with E-state index < -0.39 is 9.84 Å². The van der Waals surface area contributed by atoms with Crippen molar-refractivity contribution in [2.75, 3.05) is 23.9 Å². The van der Waals surface area contributed by atoms with E-state index in [2.05, 4.69) is 15.5 Å². The van der Waals surface area contributed by atoms with Crippen LogP contribution in [0.3, 0.4) is 0 Å². The lowest BCUT2D eigenvalue weighted by Gasteiger charge is -1.98. The Hall–Kier alpha value is -0.690. The molecule has 1 aromatic heterocycles. The summed E-state index contributed by atoms with van der Waals surface area (Å²) in [5.74, 6) is 0.117. The van der Waals surface area contributed by atoms with Gasteiger partial charge in [0.05, 0.1) is 5.75 Å². The number of anilines is 1. The van der Waals surface area contributed by atoms with E-state index >= 15 is 0 Å². The van der Waals surface area contributed by atoms with Gasteiger partial charge in [-0.2, -0.15) is 0 Å². The second-order valence-corrected chi connectivity index (χ2v) is 6.12.